The first kappa shape index (κ1) is 25.2. The van der Waals surface area contributed by atoms with Gasteiger partial charge in [-0.05, 0) is 62.5 Å². The SMILES string of the molecule is CCc1c(C(=O)N[C@H](c2ccccc2)c2ccc(Cl)cc2)c(=O)cc(C)n1CCN1CCCCC1. The van der Waals surface area contributed by atoms with Crippen LogP contribution < -0.4 is 10.7 Å². The zero-order valence-corrected chi connectivity index (χ0v) is 21.4. The molecule has 1 N–H and O–H groups in total. The summed E-state index contributed by atoms with van der Waals surface area (Å²) in [6.07, 6.45) is 4.39. The number of carbonyl (C=O) groups excluding carboxylic acids is 1. The maximum atomic E-state index is 13.7. The quantitative estimate of drug-likeness (QED) is 0.460. The highest BCUT2D eigenvalue weighted by atomic mass is 35.5. The number of likely N-dealkylation sites (tertiary alicyclic amines) is 1. The molecular weight excluding hydrogens is 458 g/mol. The molecule has 0 aliphatic carbocycles. The second-order valence-corrected chi connectivity index (χ2v) is 9.68. The second kappa shape index (κ2) is 11.7. The summed E-state index contributed by atoms with van der Waals surface area (Å²) in [7, 11) is 0. The van der Waals surface area contributed by atoms with Crippen LogP contribution in [0, 0.1) is 6.92 Å². The minimum atomic E-state index is -0.395. The lowest BCUT2D eigenvalue weighted by molar-refractivity contribution is 0.0939. The van der Waals surface area contributed by atoms with Crippen molar-refractivity contribution in [2.75, 3.05) is 19.6 Å². The lowest BCUT2D eigenvalue weighted by Gasteiger charge is -2.28. The number of carbonyl (C=O) groups is 1. The van der Waals surface area contributed by atoms with Gasteiger partial charge in [0.1, 0.15) is 5.56 Å². The molecule has 4 rings (SSSR count). The molecule has 0 unspecified atom stereocenters. The number of hydrogen-bond acceptors (Lipinski definition) is 3. The van der Waals surface area contributed by atoms with Gasteiger partial charge in [-0.2, -0.15) is 0 Å². The number of aryl methyl sites for hydroxylation is 1. The van der Waals surface area contributed by atoms with Gasteiger partial charge in [0.15, 0.2) is 5.43 Å². The fraction of sp³-hybridized carbons (Fsp3) is 0.379. The number of rotatable bonds is 8. The topological polar surface area (TPSA) is 54.3 Å². The van der Waals surface area contributed by atoms with Crippen LogP contribution in [0.25, 0.3) is 0 Å². The van der Waals surface area contributed by atoms with Crippen molar-refractivity contribution in [2.24, 2.45) is 0 Å². The number of pyridine rings is 1. The second-order valence-electron chi connectivity index (χ2n) is 9.25. The zero-order valence-electron chi connectivity index (χ0n) is 20.6. The van der Waals surface area contributed by atoms with Crippen molar-refractivity contribution in [1.29, 1.82) is 0 Å². The van der Waals surface area contributed by atoms with Gasteiger partial charge in [-0.25, -0.2) is 0 Å². The maximum Gasteiger partial charge on any atom is 0.257 e. The van der Waals surface area contributed by atoms with Crippen LogP contribution in [-0.2, 0) is 13.0 Å². The van der Waals surface area contributed by atoms with E-state index >= 15 is 0 Å². The molecule has 184 valence electrons. The van der Waals surface area contributed by atoms with E-state index in [2.05, 4.69) is 14.8 Å². The average Bonchev–Trinajstić information content (AvgIpc) is 2.88. The lowest BCUT2D eigenvalue weighted by atomic mass is 9.98. The molecule has 1 aromatic heterocycles. The summed E-state index contributed by atoms with van der Waals surface area (Å²) >= 11 is 6.11. The molecule has 0 bridgehead atoms. The number of amides is 1. The van der Waals surface area contributed by atoms with Gasteiger partial charge >= 0.3 is 0 Å². The summed E-state index contributed by atoms with van der Waals surface area (Å²) in [5.74, 6) is -0.345. The highest BCUT2D eigenvalue weighted by Gasteiger charge is 2.24. The van der Waals surface area contributed by atoms with Crippen molar-refractivity contribution in [3.8, 4) is 0 Å². The van der Waals surface area contributed by atoms with Crippen LogP contribution in [0.1, 0.15) is 65.1 Å². The third-order valence-electron chi connectivity index (χ3n) is 6.89. The van der Waals surface area contributed by atoms with Gasteiger partial charge in [-0.3, -0.25) is 9.59 Å². The predicted molar refractivity (Wildman–Crippen MR) is 142 cm³/mol. The van der Waals surface area contributed by atoms with Crippen LogP contribution in [0.15, 0.2) is 65.5 Å². The molecule has 1 fully saturated rings. The van der Waals surface area contributed by atoms with E-state index in [0.717, 1.165) is 48.7 Å². The third kappa shape index (κ3) is 6.03. The van der Waals surface area contributed by atoms with Crippen LogP contribution >= 0.6 is 11.6 Å². The summed E-state index contributed by atoms with van der Waals surface area (Å²) < 4.78 is 2.16. The number of nitrogens with zero attached hydrogens (tertiary/aromatic N) is 2. The summed E-state index contributed by atoms with van der Waals surface area (Å²) in [5.41, 5.74) is 3.56. The van der Waals surface area contributed by atoms with Crippen molar-refractivity contribution >= 4 is 17.5 Å². The Bertz CT molecular complexity index is 1200. The lowest BCUT2D eigenvalue weighted by Crippen LogP contribution is -2.37. The monoisotopic (exact) mass is 491 g/mol. The number of hydrogen-bond donors (Lipinski definition) is 1. The Morgan fingerprint density at radius 3 is 2.29 bits per heavy atom. The van der Waals surface area contributed by atoms with Crippen LogP contribution in [-0.4, -0.2) is 35.0 Å². The van der Waals surface area contributed by atoms with E-state index in [1.807, 2.05) is 68.4 Å². The first-order valence-electron chi connectivity index (χ1n) is 12.5. The van der Waals surface area contributed by atoms with E-state index in [9.17, 15) is 9.59 Å². The number of halogens is 1. The van der Waals surface area contributed by atoms with Crippen molar-refractivity contribution < 1.29 is 4.79 Å². The molecule has 1 saturated heterocycles. The molecule has 1 aliphatic rings. The minimum absolute atomic E-state index is 0.228. The van der Waals surface area contributed by atoms with Crippen molar-refractivity contribution in [3.63, 3.8) is 0 Å². The molecule has 0 saturated carbocycles. The van der Waals surface area contributed by atoms with E-state index < -0.39 is 6.04 Å². The molecule has 2 heterocycles. The predicted octanol–water partition coefficient (Wildman–Crippen LogP) is 5.38. The molecule has 3 aromatic rings. The minimum Gasteiger partial charge on any atom is -0.347 e. The van der Waals surface area contributed by atoms with E-state index in [1.165, 1.54) is 19.3 Å². The van der Waals surface area contributed by atoms with Gasteiger partial charge in [0.2, 0.25) is 0 Å². The first-order chi connectivity index (χ1) is 17.0. The molecule has 5 nitrogen and oxygen atoms in total. The maximum absolute atomic E-state index is 13.7. The van der Waals surface area contributed by atoms with E-state index in [-0.39, 0.29) is 16.9 Å². The van der Waals surface area contributed by atoms with Gasteiger partial charge in [0.05, 0.1) is 6.04 Å². The third-order valence-corrected chi connectivity index (χ3v) is 7.14. The zero-order chi connectivity index (χ0) is 24.8. The molecular formula is C29H34ClN3O2. The fourth-order valence-corrected chi connectivity index (χ4v) is 5.17. The molecule has 1 aliphatic heterocycles. The fourth-order valence-electron chi connectivity index (χ4n) is 5.04. The van der Waals surface area contributed by atoms with Crippen LogP contribution in [0.3, 0.4) is 0 Å². The normalized spacial score (nSPS) is 15.1. The molecule has 1 atom stereocenters. The molecule has 6 heteroatoms. The van der Waals surface area contributed by atoms with Crippen LogP contribution in [0.4, 0.5) is 0 Å². The Morgan fingerprint density at radius 2 is 1.63 bits per heavy atom. The van der Waals surface area contributed by atoms with Gasteiger partial charge in [-0.1, -0.05) is 67.4 Å². The summed E-state index contributed by atoms with van der Waals surface area (Å²) in [6, 6.07) is 18.4. The first-order valence-corrected chi connectivity index (χ1v) is 12.9. The van der Waals surface area contributed by atoms with E-state index in [1.54, 1.807) is 6.07 Å². The summed E-state index contributed by atoms with van der Waals surface area (Å²) in [4.78, 5) is 29.3. The number of nitrogens with one attached hydrogen (secondary N) is 1. The highest BCUT2D eigenvalue weighted by Crippen LogP contribution is 2.24. The smallest absolute Gasteiger partial charge is 0.257 e. The number of piperidine rings is 1. The number of aromatic nitrogens is 1. The Morgan fingerprint density at radius 1 is 0.971 bits per heavy atom. The molecule has 1 amide bonds. The standard InChI is InChI=1S/C29H34ClN3O2/c1-3-25-27(26(34)20-21(2)33(25)19-18-32-16-8-5-9-17-32)29(35)31-28(22-10-6-4-7-11-22)23-12-14-24(30)15-13-23/h4,6-7,10-15,20,28H,3,5,8-9,16-19H2,1-2H3,(H,31,35)/t28-/m1/s1. The van der Waals surface area contributed by atoms with Crippen LogP contribution in [0.2, 0.25) is 5.02 Å². The van der Waals surface area contributed by atoms with Crippen molar-refractivity contribution in [3.05, 3.63) is 104 Å². The van der Waals surface area contributed by atoms with Gasteiger partial charge in [-0.15, -0.1) is 0 Å². The van der Waals surface area contributed by atoms with Crippen LogP contribution in [0.5, 0.6) is 0 Å². The van der Waals surface area contributed by atoms with Gasteiger partial charge < -0.3 is 14.8 Å². The number of benzene rings is 2. The highest BCUT2D eigenvalue weighted by molar-refractivity contribution is 6.30. The van der Waals surface area contributed by atoms with Gasteiger partial charge in [0, 0.05) is 35.6 Å². The van der Waals surface area contributed by atoms with E-state index in [0.29, 0.717) is 11.4 Å². The summed E-state index contributed by atoms with van der Waals surface area (Å²) in [5, 5.41) is 3.78. The molecule has 2 aromatic carbocycles. The Hall–Kier alpha value is -2.89. The Balaban J connectivity index is 1.66. The largest absolute Gasteiger partial charge is 0.347 e. The molecule has 0 spiro atoms. The van der Waals surface area contributed by atoms with E-state index in [4.69, 9.17) is 11.6 Å². The Labute approximate surface area is 212 Å². The molecule has 35 heavy (non-hydrogen) atoms. The van der Waals surface area contributed by atoms with Crippen molar-refractivity contribution in [2.45, 2.75) is 52.1 Å². The van der Waals surface area contributed by atoms with Gasteiger partial charge in [0.25, 0.3) is 5.91 Å². The average molecular weight is 492 g/mol. The Kier molecular flexibility index (Phi) is 8.42. The molecule has 0 radical (unpaired) electrons. The summed E-state index contributed by atoms with van der Waals surface area (Å²) in [6.45, 7) is 7.90. The van der Waals surface area contributed by atoms with Crippen molar-refractivity contribution in [1.82, 2.24) is 14.8 Å².